The van der Waals surface area contributed by atoms with Crippen molar-refractivity contribution in [1.82, 2.24) is 0 Å². The molecule has 0 heterocycles. The van der Waals surface area contributed by atoms with Crippen molar-refractivity contribution in [1.29, 1.82) is 0 Å². The topological polar surface area (TPSA) is 0 Å². The molecule has 0 amide bonds. The monoisotopic (exact) mass is 284 g/mol. The first-order valence-corrected chi connectivity index (χ1v) is 7.95. The Morgan fingerprint density at radius 2 is 1.60 bits per heavy atom. The van der Waals surface area contributed by atoms with E-state index >= 15 is 0 Å². The number of hydrogen-bond acceptors (Lipinski definition) is 0. The number of hydrogen-bond donors (Lipinski definition) is 0. The molecule has 0 unspecified atom stereocenters. The van der Waals surface area contributed by atoms with Crippen LogP contribution in [0.2, 0.25) is 0 Å². The SMILES string of the molecule is Fc1ccc(P(Br)Br)cc1. The first-order chi connectivity index (χ1) is 4.70. The Bertz CT molecular complexity index is 209. The van der Waals surface area contributed by atoms with Gasteiger partial charge in [-0.05, 0) is 60.5 Å². The molecule has 4 heteroatoms. The third-order valence-corrected chi connectivity index (χ3v) is 4.17. The highest BCUT2D eigenvalue weighted by Gasteiger charge is 2.00. The second-order valence-corrected chi connectivity index (χ2v) is 9.80. The van der Waals surface area contributed by atoms with Gasteiger partial charge in [-0.3, -0.25) is 0 Å². The lowest BCUT2D eigenvalue weighted by atomic mass is 10.4. The molecule has 0 saturated heterocycles. The first-order valence-electron chi connectivity index (χ1n) is 2.57. The van der Waals surface area contributed by atoms with Crippen molar-refractivity contribution in [3.63, 3.8) is 0 Å². The van der Waals surface area contributed by atoms with Crippen molar-refractivity contribution >= 4 is 41.6 Å². The van der Waals surface area contributed by atoms with Crippen molar-refractivity contribution in [2.45, 2.75) is 0 Å². The summed E-state index contributed by atoms with van der Waals surface area (Å²) in [6.45, 7) is 0. The van der Waals surface area contributed by atoms with Crippen LogP contribution >= 0.6 is 36.3 Å². The zero-order chi connectivity index (χ0) is 7.56. The van der Waals surface area contributed by atoms with Gasteiger partial charge in [0, 0.05) is 0 Å². The maximum Gasteiger partial charge on any atom is 0.123 e. The van der Waals surface area contributed by atoms with Crippen LogP contribution in [0.3, 0.4) is 0 Å². The quantitative estimate of drug-likeness (QED) is 0.692. The summed E-state index contributed by atoms with van der Waals surface area (Å²) in [6.07, 6.45) is 0. The summed E-state index contributed by atoms with van der Waals surface area (Å²) in [5.41, 5.74) is 0. The van der Waals surface area contributed by atoms with E-state index in [1.807, 2.05) is 0 Å². The molecule has 0 radical (unpaired) electrons. The van der Waals surface area contributed by atoms with Crippen molar-refractivity contribution in [3.05, 3.63) is 30.1 Å². The molecule has 0 nitrogen and oxygen atoms in total. The summed E-state index contributed by atoms with van der Waals surface area (Å²) in [6, 6.07) is 6.41. The molecule has 0 fully saturated rings. The minimum atomic E-state index is -0.450. The summed E-state index contributed by atoms with van der Waals surface area (Å²) in [5.74, 6) is -0.194. The first kappa shape index (κ1) is 8.63. The Morgan fingerprint density at radius 3 is 2.00 bits per heavy atom. The van der Waals surface area contributed by atoms with Crippen LogP contribution < -0.4 is 5.30 Å². The summed E-state index contributed by atoms with van der Waals surface area (Å²) >= 11 is 6.73. The summed E-state index contributed by atoms with van der Waals surface area (Å²) in [7, 11) is 0. The van der Waals surface area contributed by atoms with E-state index in [-0.39, 0.29) is 5.82 Å². The summed E-state index contributed by atoms with van der Waals surface area (Å²) in [5, 5.41) is 0.630. The van der Waals surface area contributed by atoms with Gasteiger partial charge in [0.1, 0.15) is 5.82 Å². The van der Waals surface area contributed by atoms with E-state index in [4.69, 9.17) is 0 Å². The molecule has 0 aromatic heterocycles. The zero-order valence-corrected chi connectivity index (χ0v) is 8.96. The molecule has 54 valence electrons. The fourth-order valence-electron chi connectivity index (χ4n) is 0.554. The van der Waals surface area contributed by atoms with Gasteiger partial charge < -0.3 is 0 Å². The van der Waals surface area contributed by atoms with Gasteiger partial charge in [0.25, 0.3) is 0 Å². The van der Waals surface area contributed by atoms with Gasteiger partial charge >= 0.3 is 0 Å². The van der Waals surface area contributed by atoms with Gasteiger partial charge in [0.2, 0.25) is 0 Å². The molecule has 0 saturated carbocycles. The normalized spacial score (nSPS) is 10.4. The van der Waals surface area contributed by atoms with Crippen LogP contribution in [-0.4, -0.2) is 0 Å². The van der Waals surface area contributed by atoms with Gasteiger partial charge in [-0.25, -0.2) is 4.39 Å². The summed E-state index contributed by atoms with van der Waals surface area (Å²) in [4.78, 5) is 0. The second-order valence-electron chi connectivity index (χ2n) is 1.71. The molecule has 0 aliphatic rings. The van der Waals surface area contributed by atoms with Gasteiger partial charge in [-0.1, -0.05) is 0 Å². The molecule has 1 aromatic rings. The molecule has 0 atom stereocenters. The van der Waals surface area contributed by atoms with E-state index in [1.165, 1.54) is 12.1 Å². The fraction of sp³-hybridized carbons (Fsp3) is 0. The predicted molar refractivity (Wildman–Crippen MR) is 50.8 cm³/mol. The highest BCUT2D eigenvalue weighted by atomic mass is 79.9. The van der Waals surface area contributed by atoms with E-state index in [2.05, 4.69) is 31.0 Å². The molecule has 0 aliphatic heterocycles. The van der Waals surface area contributed by atoms with Gasteiger partial charge in [0.15, 0.2) is 0 Å². The standard InChI is InChI=1S/C6H4Br2FP/c7-10(8)6-3-1-5(9)2-4-6/h1-4H. The maximum atomic E-state index is 12.3. The number of halogens is 3. The van der Waals surface area contributed by atoms with Gasteiger partial charge in [-0.2, -0.15) is 0 Å². The average molecular weight is 286 g/mol. The predicted octanol–water partition coefficient (Wildman–Crippen LogP) is 3.55. The third kappa shape index (κ3) is 2.30. The van der Waals surface area contributed by atoms with Crippen molar-refractivity contribution in [2.75, 3.05) is 0 Å². The molecular weight excluding hydrogens is 282 g/mol. The van der Waals surface area contributed by atoms with Crippen LogP contribution in [0.1, 0.15) is 0 Å². The molecule has 10 heavy (non-hydrogen) atoms. The lowest BCUT2D eigenvalue weighted by molar-refractivity contribution is 0.628. The Kier molecular flexibility index (Phi) is 3.28. The van der Waals surface area contributed by atoms with E-state index < -0.39 is 5.33 Å². The lowest BCUT2D eigenvalue weighted by Gasteiger charge is -1.98. The minimum absolute atomic E-state index is 0.194. The molecule has 1 aromatic carbocycles. The van der Waals surface area contributed by atoms with Crippen LogP contribution in [0.5, 0.6) is 0 Å². The Balaban J connectivity index is 2.89. The minimum Gasteiger partial charge on any atom is -0.207 e. The fourth-order valence-corrected chi connectivity index (χ4v) is 2.35. The zero-order valence-electron chi connectivity index (χ0n) is 4.89. The van der Waals surface area contributed by atoms with Gasteiger partial charge in [-0.15, -0.1) is 0 Å². The Labute approximate surface area is 76.1 Å². The highest BCUT2D eigenvalue weighted by molar-refractivity contribution is 9.70. The maximum absolute atomic E-state index is 12.3. The lowest BCUT2D eigenvalue weighted by Crippen LogP contribution is -1.91. The van der Waals surface area contributed by atoms with Crippen LogP contribution in [0.15, 0.2) is 24.3 Å². The smallest absolute Gasteiger partial charge is 0.123 e. The molecule has 0 bridgehead atoms. The van der Waals surface area contributed by atoms with E-state index in [9.17, 15) is 4.39 Å². The summed E-state index contributed by atoms with van der Waals surface area (Å²) < 4.78 is 12.3. The molecule has 1 rings (SSSR count). The van der Waals surface area contributed by atoms with E-state index in [0.29, 0.717) is 0 Å². The molecule has 0 spiro atoms. The van der Waals surface area contributed by atoms with Crippen LogP contribution in [0.25, 0.3) is 0 Å². The Hall–Kier alpha value is 0.540. The average Bonchev–Trinajstić information content (AvgIpc) is 1.88. The van der Waals surface area contributed by atoms with Crippen LogP contribution in [0, 0.1) is 5.82 Å². The third-order valence-electron chi connectivity index (χ3n) is 1.02. The highest BCUT2D eigenvalue weighted by Crippen LogP contribution is 2.50. The van der Waals surface area contributed by atoms with Crippen molar-refractivity contribution in [2.24, 2.45) is 0 Å². The van der Waals surface area contributed by atoms with Crippen LogP contribution in [0.4, 0.5) is 4.39 Å². The number of benzene rings is 1. The van der Waals surface area contributed by atoms with E-state index in [1.54, 1.807) is 12.1 Å². The van der Waals surface area contributed by atoms with Crippen LogP contribution in [-0.2, 0) is 0 Å². The largest absolute Gasteiger partial charge is 0.207 e. The molecule has 0 aliphatic carbocycles. The molecular formula is C6H4Br2FP. The van der Waals surface area contributed by atoms with E-state index in [0.717, 1.165) is 5.30 Å². The number of rotatable bonds is 1. The van der Waals surface area contributed by atoms with Crippen molar-refractivity contribution in [3.8, 4) is 0 Å². The van der Waals surface area contributed by atoms with Crippen molar-refractivity contribution < 1.29 is 4.39 Å². The second kappa shape index (κ2) is 3.80. The molecule has 0 N–H and O–H groups in total. The van der Waals surface area contributed by atoms with Gasteiger partial charge in [0.05, 0.1) is 5.33 Å². The Morgan fingerprint density at radius 1 is 1.10 bits per heavy atom.